The number of benzene rings is 3. The molecule has 0 spiro atoms. The number of aromatic amines is 2. The number of hydrogen-bond donors (Lipinski definition) is 3. The average Bonchev–Trinajstić information content (AvgIpc) is 3.18. The number of fused-ring (bicyclic) bond motifs is 3. The lowest BCUT2D eigenvalue weighted by Gasteiger charge is -2.27. The van der Waals surface area contributed by atoms with Gasteiger partial charge in [-0.05, 0) is 23.3 Å². The Morgan fingerprint density at radius 1 is 0.833 bits per heavy atom. The number of allylic oxidation sites excluding steroid dienone is 1. The summed E-state index contributed by atoms with van der Waals surface area (Å²) in [6.45, 7) is 0.358. The van der Waals surface area contributed by atoms with Gasteiger partial charge in [-0.15, -0.1) is 0 Å². The molecule has 2 aliphatic rings. The summed E-state index contributed by atoms with van der Waals surface area (Å²) in [4.78, 5) is 43.6. The van der Waals surface area contributed by atoms with Crippen LogP contribution in [0.5, 0.6) is 11.5 Å². The fourth-order valence-electron chi connectivity index (χ4n) is 4.90. The maximum Gasteiger partial charge on any atom is 0.327 e. The Morgan fingerprint density at radius 3 is 2.36 bits per heavy atom. The predicted molar refractivity (Wildman–Crippen MR) is 135 cm³/mol. The lowest BCUT2D eigenvalue weighted by Crippen LogP contribution is -2.33. The topological polar surface area (TPSA) is 113 Å². The Kier molecular flexibility index (Phi) is 5.07. The Bertz CT molecular complexity index is 1670. The lowest BCUT2D eigenvalue weighted by molar-refractivity contribution is 0.103. The minimum Gasteiger partial charge on any atom is -0.493 e. The van der Waals surface area contributed by atoms with Gasteiger partial charge in [-0.25, -0.2) is 4.79 Å². The van der Waals surface area contributed by atoms with Crippen LogP contribution in [-0.2, 0) is 6.61 Å². The highest BCUT2D eigenvalue weighted by atomic mass is 16.5. The summed E-state index contributed by atoms with van der Waals surface area (Å²) in [5.41, 5.74) is 3.03. The molecule has 1 unspecified atom stereocenters. The van der Waals surface area contributed by atoms with Gasteiger partial charge in [-0.2, -0.15) is 0 Å². The zero-order chi connectivity index (χ0) is 24.8. The zero-order valence-corrected chi connectivity index (χ0v) is 19.3. The number of ketones is 1. The number of anilines is 1. The summed E-state index contributed by atoms with van der Waals surface area (Å²) in [6.07, 6.45) is 0. The van der Waals surface area contributed by atoms with Crippen LogP contribution < -0.4 is 26.0 Å². The van der Waals surface area contributed by atoms with Crippen molar-refractivity contribution < 1.29 is 14.3 Å². The first kappa shape index (κ1) is 21.7. The molecule has 6 rings (SSSR count). The molecular formula is C28H21N3O5. The number of ether oxygens (including phenoxy) is 2. The van der Waals surface area contributed by atoms with Crippen LogP contribution >= 0.6 is 0 Å². The smallest absolute Gasteiger partial charge is 0.327 e. The van der Waals surface area contributed by atoms with E-state index < -0.39 is 17.2 Å². The molecule has 1 atom stereocenters. The molecule has 36 heavy (non-hydrogen) atoms. The molecule has 3 aromatic carbocycles. The Hall–Kier alpha value is -4.85. The molecule has 0 radical (unpaired) electrons. The van der Waals surface area contributed by atoms with Crippen molar-refractivity contribution in [2.45, 2.75) is 12.5 Å². The van der Waals surface area contributed by atoms with Crippen LogP contribution in [0.1, 0.15) is 38.5 Å². The van der Waals surface area contributed by atoms with E-state index in [-0.39, 0.29) is 17.2 Å². The van der Waals surface area contributed by atoms with Crippen molar-refractivity contribution >= 4 is 17.3 Å². The van der Waals surface area contributed by atoms with E-state index in [9.17, 15) is 14.4 Å². The number of hydrogen-bond acceptors (Lipinski definition) is 6. The fourth-order valence-corrected chi connectivity index (χ4v) is 4.90. The third-order valence-corrected chi connectivity index (χ3v) is 6.52. The lowest BCUT2D eigenvalue weighted by atomic mass is 9.81. The maximum atomic E-state index is 13.5. The summed E-state index contributed by atoms with van der Waals surface area (Å²) >= 11 is 0. The molecule has 1 aromatic heterocycles. The van der Waals surface area contributed by atoms with Crippen LogP contribution in [0.25, 0.3) is 5.70 Å². The molecule has 2 heterocycles. The van der Waals surface area contributed by atoms with Crippen molar-refractivity contribution in [2.75, 3.05) is 12.4 Å². The van der Waals surface area contributed by atoms with Gasteiger partial charge in [0.25, 0.3) is 5.56 Å². The van der Waals surface area contributed by atoms with Gasteiger partial charge >= 0.3 is 5.69 Å². The summed E-state index contributed by atoms with van der Waals surface area (Å²) < 4.78 is 11.6. The fraction of sp³-hybridized carbons (Fsp3) is 0.107. The Balaban J connectivity index is 1.48. The van der Waals surface area contributed by atoms with Gasteiger partial charge in [-0.1, -0.05) is 60.7 Å². The SMILES string of the molecule is COc1cc(C2C3=C(Nc4[nH]c(=O)[nH]c(=O)c42)c2ccccc2C3=O)ccc1OCc1ccccc1. The zero-order valence-electron chi connectivity index (χ0n) is 19.3. The second kappa shape index (κ2) is 8.42. The number of rotatable bonds is 5. The highest BCUT2D eigenvalue weighted by Gasteiger charge is 2.42. The molecule has 4 aromatic rings. The van der Waals surface area contributed by atoms with E-state index in [4.69, 9.17) is 9.47 Å². The normalized spacial score (nSPS) is 15.6. The Labute approximate surface area is 205 Å². The summed E-state index contributed by atoms with van der Waals surface area (Å²) in [5.74, 6) is 0.367. The number of nitrogens with one attached hydrogen (secondary N) is 3. The van der Waals surface area contributed by atoms with E-state index in [0.29, 0.717) is 40.5 Å². The van der Waals surface area contributed by atoms with E-state index >= 15 is 0 Å². The van der Waals surface area contributed by atoms with Gasteiger partial charge in [-0.3, -0.25) is 19.6 Å². The molecule has 0 saturated heterocycles. The molecule has 0 saturated carbocycles. The first-order valence-electron chi connectivity index (χ1n) is 11.4. The van der Waals surface area contributed by atoms with Gasteiger partial charge < -0.3 is 14.8 Å². The van der Waals surface area contributed by atoms with Gasteiger partial charge in [0, 0.05) is 22.6 Å². The minimum atomic E-state index is -0.728. The van der Waals surface area contributed by atoms with E-state index in [0.717, 1.165) is 11.1 Å². The van der Waals surface area contributed by atoms with Crippen LogP contribution in [0.15, 0.2) is 88.0 Å². The first-order chi connectivity index (χ1) is 17.5. The second-order valence-electron chi connectivity index (χ2n) is 8.60. The van der Waals surface area contributed by atoms with Crippen LogP contribution in [0.4, 0.5) is 5.82 Å². The van der Waals surface area contributed by atoms with Crippen LogP contribution in [0.2, 0.25) is 0 Å². The predicted octanol–water partition coefficient (Wildman–Crippen LogP) is 3.82. The molecule has 8 heteroatoms. The summed E-state index contributed by atoms with van der Waals surface area (Å²) in [7, 11) is 1.54. The van der Waals surface area contributed by atoms with E-state index in [2.05, 4.69) is 15.3 Å². The highest BCUT2D eigenvalue weighted by molar-refractivity contribution is 6.23. The first-order valence-corrected chi connectivity index (χ1v) is 11.4. The van der Waals surface area contributed by atoms with E-state index in [1.54, 1.807) is 24.3 Å². The van der Waals surface area contributed by atoms with Crippen LogP contribution in [-0.4, -0.2) is 22.9 Å². The molecule has 1 aliphatic carbocycles. The summed E-state index contributed by atoms with van der Waals surface area (Å²) in [6, 6.07) is 22.4. The molecule has 0 bridgehead atoms. The largest absolute Gasteiger partial charge is 0.493 e. The van der Waals surface area contributed by atoms with Crippen molar-refractivity contribution in [1.29, 1.82) is 0 Å². The van der Waals surface area contributed by atoms with Gasteiger partial charge in [0.2, 0.25) is 0 Å². The monoisotopic (exact) mass is 479 g/mol. The Morgan fingerprint density at radius 2 is 1.58 bits per heavy atom. The van der Waals surface area contributed by atoms with Crippen molar-refractivity contribution in [1.82, 2.24) is 9.97 Å². The molecule has 8 nitrogen and oxygen atoms in total. The van der Waals surface area contributed by atoms with Crippen LogP contribution in [0, 0.1) is 0 Å². The van der Waals surface area contributed by atoms with E-state index in [1.165, 1.54) is 7.11 Å². The molecular weight excluding hydrogens is 458 g/mol. The van der Waals surface area contributed by atoms with E-state index in [1.807, 2.05) is 48.5 Å². The number of H-pyrrole nitrogens is 2. The molecule has 0 fully saturated rings. The minimum absolute atomic E-state index is 0.169. The number of aromatic nitrogens is 2. The molecule has 1 aliphatic heterocycles. The van der Waals surface area contributed by atoms with Crippen molar-refractivity contribution in [2.24, 2.45) is 0 Å². The molecule has 3 N–H and O–H groups in total. The highest BCUT2D eigenvalue weighted by Crippen LogP contribution is 2.48. The van der Waals surface area contributed by atoms with Crippen molar-refractivity contribution in [3.8, 4) is 11.5 Å². The second-order valence-corrected chi connectivity index (χ2v) is 8.60. The molecule has 0 amide bonds. The number of carbonyl (C=O) groups is 1. The third kappa shape index (κ3) is 3.42. The average molecular weight is 479 g/mol. The van der Waals surface area contributed by atoms with Gasteiger partial charge in [0.05, 0.1) is 18.4 Å². The quantitative estimate of drug-likeness (QED) is 0.401. The van der Waals surface area contributed by atoms with Gasteiger partial charge in [0.15, 0.2) is 17.3 Å². The third-order valence-electron chi connectivity index (χ3n) is 6.52. The number of methoxy groups -OCH3 is 1. The van der Waals surface area contributed by atoms with Crippen molar-refractivity contribution in [3.63, 3.8) is 0 Å². The standard InChI is InChI=1S/C28H21N3O5/c1-35-20-13-16(11-12-19(20)36-14-15-7-3-2-4-8-15)21-22-24(17-9-5-6-10-18(17)25(22)32)29-26-23(21)27(33)31-28(34)30-26/h2-13,21H,14H2,1H3,(H3,29,30,31,33,34). The maximum absolute atomic E-state index is 13.5. The van der Waals surface area contributed by atoms with Crippen LogP contribution in [0.3, 0.4) is 0 Å². The van der Waals surface area contributed by atoms with Crippen molar-refractivity contribution in [3.05, 3.63) is 127 Å². The number of carbonyl (C=O) groups excluding carboxylic acids is 1. The number of Topliss-reactive ketones (excluding diaryl/α,β-unsaturated/α-hetero) is 1. The summed E-state index contributed by atoms with van der Waals surface area (Å²) in [5, 5.41) is 3.13. The molecule has 178 valence electrons. The van der Waals surface area contributed by atoms with Gasteiger partial charge in [0.1, 0.15) is 12.4 Å².